The van der Waals surface area contributed by atoms with Crippen molar-refractivity contribution < 1.29 is 4.74 Å². The Labute approximate surface area is 119 Å². The van der Waals surface area contributed by atoms with E-state index in [9.17, 15) is 0 Å². The first-order chi connectivity index (χ1) is 8.58. The maximum atomic E-state index is 5.44. The Morgan fingerprint density at radius 3 is 2.67 bits per heavy atom. The molecule has 3 heteroatoms. The Morgan fingerprint density at radius 1 is 1.33 bits per heavy atom. The lowest BCUT2D eigenvalue weighted by Gasteiger charge is -2.19. The van der Waals surface area contributed by atoms with Crippen LogP contribution in [0, 0.1) is 6.92 Å². The smallest absolute Gasteiger partial charge is 0.143 e. The van der Waals surface area contributed by atoms with Gasteiger partial charge in [-0.2, -0.15) is 0 Å². The highest BCUT2D eigenvalue weighted by molar-refractivity contribution is 9.10. The largest absolute Gasteiger partial charge is 0.495 e. The van der Waals surface area contributed by atoms with Crippen LogP contribution in [-0.4, -0.2) is 13.2 Å². The second kappa shape index (κ2) is 7.67. The molecule has 102 valence electrons. The molecule has 0 aliphatic heterocycles. The minimum atomic E-state index is 0.477. The minimum absolute atomic E-state index is 0.477. The van der Waals surface area contributed by atoms with Crippen LogP contribution in [0.3, 0.4) is 0 Å². The van der Waals surface area contributed by atoms with Gasteiger partial charge in [-0.25, -0.2) is 0 Å². The Kier molecular flexibility index (Phi) is 6.55. The van der Waals surface area contributed by atoms with Gasteiger partial charge in [-0.3, -0.25) is 0 Å². The molecule has 0 aliphatic rings. The number of aryl methyl sites for hydroxylation is 1. The predicted molar refractivity (Wildman–Crippen MR) is 82.7 cm³/mol. The highest BCUT2D eigenvalue weighted by Crippen LogP contribution is 2.32. The van der Waals surface area contributed by atoms with E-state index in [-0.39, 0.29) is 0 Å². The summed E-state index contributed by atoms with van der Waals surface area (Å²) in [5.41, 5.74) is 2.33. The summed E-state index contributed by atoms with van der Waals surface area (Å²) in [5, 5.41) is 3.57. The highest BCUT2D eigenvalue weighted by Gasteiger charge is 2.10. The number of nitrogens with one attached hydrogen (secondary N) is 1. The maximum absolute atomic E-state index is 5.44. The average molecular weight is 314 g/mol. The number of halogens is 1. The number of ether oxygens (including phenoxy) is 1. The van der Waals surface area contributed by atoms with E-state index in [2.05, 4.69) is 48.1 Å². The number of benzene rings is 1. The first kappa shape index (κ1) is 15.4. The molecule has 1 atom stereocenters. The van der Waals surface area contributed by atoms with Gasteiger partial charge in [0.25, 0.3) is 0 Å². The molecular formula is C15H24BrNO. The normalized spacial score (nSPS) is 12.3. The first-order valence-corrected chi connectivity index (χ1v) is 7.48. The lowest BCUT2D eigenvalue weighted by atomic mass is 10.1. The highest BCUT2D eigenvalue weighted by atomic mass is 79.9. The van der Waals surface area contributed by atoms with Gasteiger partial charge >= 0.3 is 0 Å². The molecule has 2 nitrogen and oxygen atoms in total. The predicted octanol–water partition coefficient (Wildman–Crippen LogP) is 5.15. The monoisotopic (exact) mass is 313 g/mol. The van der Waals surface area contributed by atoms with E-state index in [1.54, 1.807) is 7.11 Å². The van der Waals surface area contributed by atoms with Gasteiger partial charge in [0.2, 0.25) is 0 Å². The third-order valence-corrected chi connectivity index (χ3v) is 3.57. The molecule has 0 heterocycles. The average Bonchev–Trinajstić information content (AvgIpc) is 2.32. The summed E-state index contributed by atoms with van der Waals surface area (Å²) in [7, 11) is 1.72. The lowest BCUT2D eigenvalue weighted by molar-refractivity contribution is 0.415. The van der Waals surface area contributed by atoms with Crippen molar-refractivity contribution in [1.29, 1.82) is 0 Å². The molecule has 0 radical (unpaired) electrons. The van der Waals surface area contributed by atoms with Crippen LogP contribution in [0.4, 0.5) is 5.69 Å². The summed E-state index contributed by atoms with van der Waals surface area (Å²) in [5.74, 6) is 0.907. The molecule has 1 N–H and O–H groups in total. The van der Waals surface area contributed by atoms with Crippen molar-refractivity contribution in [2.45, 2.75) is 52.5 Å². The maximum Gasteiger partial charge on any atom is 0.143 e. The zero-order valence-electron chi connectivity index (χ0n) is 11.8. The number of methoxy groups -OCH3 is 1. The van der Waals surface area contributed by atoms with Crippen molar-refractivity contribution in [3.05, 3.63) is 22.2 Å². The van der Waals surface area contributed by atoms with E-state index in [1.165, 1.54) is 31.2 Å². The number of anilines is 1. The lowest BCUT2D eigenvalue weighted by Crippen LogP contribution is -2.16. The summed E-state index contributed by atoms with van der Waals surface area (Å²) in [6, 6.07) is 4.60. The van der Waals surface area contributed by atoms with Crippen LogP contribution in [0.25, 0.3) is 0 Å². The second-order valence-corrected chi connectivity index (χ2v) is 5.76. The van der Waals surface area contributed by atoms with Crippen molar-refractivity contribution in [3.8, 4) is 5.75 Å². The van der Waals surface area contributed by atoms with Crippen molar-refractivity contribution in [3.63, 3.8) is 0 Å². The Balaban J connectivity index is 2.71. The fourth-order valence-electron chi connectivity index (χ4n) is 2.08. The van der Waals surface area contributed by atoms with E-state index in [0.717, 1.165) is 15.9 Å². The molecular weight excluding hydrogens is 290 g/mol. The van der Waals surface area contributed by atoms with Crippen LogP contribution >= 0.6 is 15.9 Å². The van der Waals surface area contributed by atoms with E-state index in [0.29, 0.717) is 6.04 Å². The zero-order chi connectivity index (χ0) is 13.5. The van der Waals surface area contributed by atoms with Crippen molar-refractivity contribution in [2.24, 2.45) is 0 Å². The topological polar surface area (TPSA) is 21.3 Å². The van der Waals surface area contributed by atoms with Crippen molar-refractivity contribution in [1.82, 2.24) is 0 Å². The number of rotatable bonds is 7. The summed E-state index contributed by atoms with van der Waals surface area (Å²) < 4.78 is 6.50. The molecule has 1 aromatic rings. The van der Waals surface area contributed by atoms with Gasteiger partial charge in [0.15, 0.2) is 0 Å². The third kappa shape index (κ3) is 4.52. The van der Waals surface area contributed by atoms with E-state index >= 15 is 0 Å². The Hall–Kier alpha value is -0.700. The summed E-state index contributed by atoms with van der Waals surface area (Å²) in [6.45, 7) is 6.57. The summed E-state index contributed by atoms with van der Waals surface area (Å²) in [6.07, 6.45) is 5.06. The van der Waals surface area contributed by atoms with Crippen LogP contribution < -0.4 is 10.1 Å². The second-order valence-electron chi connectivity index (χ2n) is 4.84. The summed E-state index contributed by atoms with van der Waals surface area (Å²) in [4.78, 5) is 0. The molecule has 0 amide bonds. The fourth-order valence-corrected chi connectivity index (χ4v) is 2.63. The van der Waals surface area contributed by atoms with Crippen LogP contribution in [-0.2, 0) is 0 Å². The molecule has 0 saturated carbocycles. The number of unbranched alkanes of at least 4 members (excludes halogenated alkanes) is 2. The van der Waals surface area contributed by atoms with Gasteiger partial charge in [0.05, 0.1) is 12.8 Å². The van der Waals surface area contributed by atoms with Gasteiger partial charge < -0.3 is 10.1 Å². The summed E-state index contributed by atoms with van der Waals surface area (Å²) >= 11 is 3.50. The number of hydrogen-bond acceptors (Lipinski definition) is 2. The molecule has 18 heavy (non-hydrogen) atoms. The quantitative estimate of drug-likeness (QED) is 0.703. The molecule has 0 aromatic heterocycles. The van der Waals surface area contributed by atoms with E-state index in [4.69, 9.17) is 4.74 Å². The van der Waals surface area contributed by atoms with Gasteiger partial charge in [-0.05, 0) is 38.0 Å². The zero-order valence-corrected chi connectivity index (χ0v) is 13.4. The van der Waals surface area contributed by atoms with Crippen molar-refractivity contribution in [2.75, 3.05) is 12.4 Å². The molecule has 0 fully saturated rings. The molecule has 1 unspecified atom stereocenters. The molecule has 0 bridgehead atoms. The van der Waals surface area contributed by atoms with Gasteiger partial charge in [0, 0.05) is 10.5 Å². The fraction of sp³-hybridized carbons (Fsp3) is 0.600. The molecule has 0 spiro atoms. The minimum Gasteiger partial charge on any atom is -0.495 e. The standard InChI is InChI=1S/C15H24BrNO/c1-5-6-7-8-12(3)17-15-11(2)9-13(16)10-14(15)18-4/h9-10,12,17H,5-8H2,1-4H3. The molecule has 0 aliphatic carbocycles. The van der Waals surface area contributed by atoms with Crippen LogP contribution in [0.5, 0.6) is 5.75 Å². The Bertz CT molecular complexity index is 379. The molecule has 0 saturated heterocycles. The van der Waals surface area contributed by atoms with Crippen molar-refractivity contribution >= 4 is 21.6 Å². The Morgan fingerprint density at radius 2 is 2.06 bits per heavy atom. The van der Waals surface area contributed by atoms with E-state index < -0.39 is 0 Å². The van der Waals surface area contributed by atoms with Crippen LogP contribution in [0.15, 0.2) is 16.6 Å². The molecule has 1 rings (SSSR count). The first-order valence-electron chi connectivity index (χ1n) is 6.69. The SMILES string of the molecule is CCCCCC(C)Nc1c(C)cc(Br)cc1OC. The van der Waals surface area contributed by atoms with Gasteiger partial charge in [0.1, 0.15) is 5.75 Å². The third-order valence-electron chi connectivity index (χ3n) is 3.12. The molecule has 1 aromatic carbocycles. The van der Waals surface area contributed by atoms with Crippen LogP contribution in [0.2, 0.25) is 0 Å². The van der Waals surface area contributed by atoms with E-state index in [1.807, 2.05) is 6.07 Å². The van der Waals surface area contributed by atoms with Gasteiger partial charge in [-0.15, -0.1) is 0 Å². The van der Waals surface area contributed by atoms with Gasteiger partial charge in [-0.1, -0.05) is 42.1 Å². The van der Waals surface area contributed by atoms with Crippen LogP contribution in [0.1, 0.15) is 45.1 Å². The number of hydrogen-bond donors (Lipinski definition) is 1.